The summed E-state index contributed by atoms with van der Waals surface area (Å²) in [6, 6.07) is 4.97. The van der Waals surface area contributed by atoms with Crippen molar-refractivity contribution in [3.8, 4) is 0 Å². The Morgan fingerprint density at radius 2 is 1.94 bits per heavy atom. The van der Waals surface area contributed by atoms with E-state index in [0.29, 0.717) is 15.6 Å². The van der Waals surface area contributed by atoms with Crippen molar-refractivity contribution >= 4 is 29.1 Å². The third-order valence-corrected chi connectivity index (χ3v) is 4.06. The van der Waals surface area contributed by atoms with Gasteiger partial charge >= 0.3 is 0 Å². The Bertz CT molecular complexity index is 451. The van der Waals surface area contributed by atoms with Crippen LogP contribution in [0, 0.1) is 0 Å². The van der Waals surface area contributed by atoms with Gasteiger partial charge in [-0.25, -0.2) is 0 Å². The van der Waals surface area contributed by atoms with Crippen LogP contribution in [0.25, 0.3) is 0 Å². The molecule has 1 amide bonds. The minimum atomic E-state index is -0.143. The van der Waals surface area contributed by atoms with Crippen LogP contribution in [0.15, 0.2) is 18.2 Å². The molecule has 5 heteroatoms. The summed E-state index contributed by atoms with van der Waals surface area (Å²) in [4.78, 5) is 12.1. The van der Waals surface area contributed by atoms with Gasteiger partial charge in [0.25, 0.3) is 5.91 Å². The Hall–Kier alpha value is -0.770. The minimum Gasteiger partial charge on any atom is -0.348 e. The number of hydrogen-bond acceptors (Lipinski definition) is 2. The molecule has 18 heavy (non-hydrogen) atoms. The van der Waals surface area contributed by atoms with E-state index in [-0.39, 0.29) is 18.0 Å². The van der Waals surface area contributed by atoms with Gasteiger partial charge in [-0.2, -0.15) is 0 Å². The van der Waals surface area contributed by atoms with Gasteiger partial charge in [-0.05, 0) is 31.0 Å². The van der Waals surface area contributed by atoms with Crippen molar-refractivity contribution in [2.45, 2.75) is 37.8 Å². The second-order valence-electron chi connectivity index (χ2n) is 4.66. The number of nitrogens with two attached hydrogens (primary N) is 1. The van der Waals surface area contributed by atoms with Crippen LogP contribution in [0.2, 0.25) is 10.0 Å². The van der Waals surface area contributed by atoms with Crippen molar-refractivity contribution in [1.29, 1.82) is 0 Å². The molecule has 1 aromatic rings. The fourth-order valence-electron chi connectivity index (χ4n) is 2.23. The smallest absolute Gasteiger partial charge is 0.251 e. The van der Waals surface area contributed by atoms with Crippen LogP contribution in [0.3, 0.4) is 0 Å². The second-order valence-corrected chi connectivity index (χ2v) is 5.47. The quantitative estimate of drug-likeness (QED) is 0.878. The molecule has 0 radical (unpaired) electrons. The Balaban J connectivity index is 2.04. The van der Waals surface area contributed by atoms with Gasteiger partial charge in [0.1, 0.15) is 0 Å². The van der Waals surface area contributed by atoms with Gasteiger partial charge in [-0.3, -0.25) is 4.79 Å². The molecule has 1 aliphatic carbocycles. The van der Waals surface area contributed by atoms with Gasteiger partial charge in [-0.1, -0.05) is 36.0 Å². The predicted molar refractivity (Wildman–Crippen MR) is 74.2 cm³/mol. The molecule has 0 bridgehead atoms. The minimum absolute atomic E-state index is 0.0467. The molecular weight excluding hydrogens is 271 g/mol. The highest BCUT2D eigenvalue weighted by Crippen LogP contribution is 2.23. The van der Waals surface area contributed by atoms with E-state index in [1.54, 1.807) is 18.2 Å². The van der Waals surface area contributed by atoms with Crippen molar-refractivity contribution in [3.05, 3.63) is 33.8 Å². The molecule has 1 aliphatic rings. The summed E-state index contributed by atoms with van der Waals surface area (Å²) in [6.07, 6.45) is 4.15. The first-order valence-electron chi connectivity index (χ1n) is 6.09. The highest BCUT2D eigenvalue weighted by Gasteiger charge is 2.23. The maximum atomic E-state index is 12.1. The van der Waals surface area contributed by atoms with E-state index < -0.39 is 0 Å². The SMILES string of the molecule is N[C@@H]1CCCC[C@@H]1NC(=O)c1ccc(Cl)c(Cl)c1. The number of carbonyl (C=O) groups excluding carboxylic acids is 1. The molecule has 1 aromatic carbocycles. The lowest BCUT2D eigenvalue weighted by molar-refractivity contribution is 0.0921. The van der Waals surface area contributed by atoms with E-state index in [9.17, 15) is 4.79 Å². The lowest BCUT2D eigenvalue weighted by Gasteiger charge is -2.29. The molecule has 2 rings (SSSR count). The van der Waals surface area contributed by atoms with Gasteiger partial charge in [0.15, 0.2) is 0 Å². The summed E-state index contributed by atoms with van der Waals surface area (Å²) >= 11 is 11.7. The van der Waals surface area contributed by atoms with Crippen molar-refractivity contribution in [2.24, 2.45) is 5.73 Å². The summed E-state index contributed by atoms with van der Waals surface area (Å²) in [7, 11) is 0. The molecule has 0 spiro atoms. The Morgan fingerprint density at radius 3 is 2.61 bits per heavy atom. The van der Waals surface area contributed by atoms with Crippen molar-refractivity contribution in [3.63, 3.8) is 0 Å². The average Bonchev–Trinajstić information content (AvgIpc) is 2.35. The first kappa shape index (κ1) is 13.7. The average molecular weight is 287 g/mol. The molecule has 0 unspecified atom stereocenters. The van der Waals surface area contributed by atoms with Crippen LogP contribution in [0.4, 0.5) is 0 Å². The molecule has 1 saturated carbocycles. The highest BCUT2D eigenvalue weighted by molar-refractivity contribution is 6.42. The zero-order valence-corrected chi connectivity index (χ0v) is 11.5. The van der Waals surface area contributed by atoms with Crippen LogP contribution < -0.4 is 11.1 Å². The summed E-state index contributed by atoms with van der Waals surface area (Å²) in [5.41, 5.74) is 6.51. The molecule has 3 N–H and O–H groups in total. The van der Waals surface area contributed by atoms with E-state index in [0.717, 1.165) is 25.7 Å². The summed E-state index contributed by atoms with van der Waals surface area (Å²) in [5, 5.41) is 3.80. The van der Waals surface area contributed by atoms with Crippen molar-refractivity contribution in [2.75, 3.05) is 0 Å². The first-order valence-corrected chi connectivity index (χ1v) is 6.85. The number of nitrogens with one attached hydrogen (secondary N) is 1. The summed E-state index contributed by atoms with van der Waals surface area (Å²) in [6.45, 7) is 0. The standard InChI is InChI=1S/C13H16Cl2N2O/c14-9-6-5-8(7-10(9)15)13(18)17-12-4-2-1-3-11(12)16/h5-7,11-12H,1-4,16H2,(H,17,18)/t11-,12+/m1/s1. The number of hydrogen-bond donors (Lipinski definition) is 2. The summed E-state index contributed by atoms with van der Waals surface area (Å²) in [5.74, 6) is -0.143. The number of benzene rings is 1. The molecule has 1 fully saturated rings. The fourth-order valence-corrected chi connectivity index (χ4v) is 2.53. The van der Waals surface area contributed by atoms with E-state index in [1.165, 1.54) is 0 Å². The Kier molecular flexibility index (Phi) is 4.49. The number of amides is 1. The van der Waals surface area contributed by atoms with Gasteiger partial charge in [0, 0.05) is 17.6 Å². The maximum Gasteiger partial charge on any atom is 0.251 e. The lowest BCUT2D eigenvalue weighted by Crippen LogP contribution is -2.49. The third kappa shape index (κ3) is 3.16. The molecular formula is C13H16Cl2N2O. The van der Waals surface area contributed by atoms with Crippen molar-refractivity contribution < 1.29 is 4.79 Å². The van der Waals surface area contributed by atoms with Crippen LogP contribution in [-0.2, 0) is 0 Å². The van der Waals surface area contributed by atoms with Gasteiger partial charge < -0.3 is 11.1 Å². The topological polar surface area (TPSA) is 55.1 Å². The molecule has 0 aliphatic heterocycles. The maximum absolute atomic E-state index is 12.1. The van der Waals surface area contributed by atoms with E-state index in [2.05, 4.69) is 5.32 Å². The second kappa shape index (κ2) is 5.91. The molecule has 2 atom stereocenters. The zero-order chi connectivity index (χ0) is 13.1. The van der Waals surface area contributed by atoms with Gasteiger partial charge in [0.05, 0.1) is 10.0 Å². The third-order valence-electron chi connectivity index (χ3n) is 3.32. The van der Waals surface area contributed by atoms with Crippen molar-refractivity contribution in [1.82, 2.24) is 5.32 Å². The largest absolute Gasteiger partial charge is 0.348 e. The summed E-state index contributed by atoms with van der Waals surface area (Å²) < 4.78 is 0. The zero-order valence-electron chi connectivity index (χ0n) is 9.96. The van der Waals surface area contributed by atoms with E-state index in [1.807, 2.05) is 0 Å². The monoisotopic (exact) mass is 286 g/mol. The predicted octanol–water partition coefficient (Wildman–Crippen LogP) is 2.99. The number of halogens is 2. The van der Waals surface area contributed by atoms with Crippen LogP contribution in [0.1, 0.15) is 36.0 Å². The number of carbonyl (C=O) groups is 1. The van der Waals surface area contributed by atoms with Crippen LogP contribution in [0.5, 0.6) is 0 Å². The number of rotatable bonds is 2. The Morgan fingerprint density at radius 1 is 1.22 bits per heavy atom. The molecule has 3 nitrogen and oxygen atoms in total. The first-order chi connectivity index (χ1) is 8.58. The molecule has 0 aromatic heterocycles. The van der Waals surface area contributed by atoms with Crippen LogP contribution in [-0.4, -0.2) is 18.0 Å². The van der Waals surface area contributed by atoms with E-state index in [4.69, 9.17) is 28.9 Å². The van der Waals surface area contributed by atoms with Gasteiger partial charge in [0.2, 0.25) is 0 Å². The van der Waals surface area contributed by atoms with E-state index >= 15 is 0 Å². The molecule has 0 heterocycles. The Labute approximate surface area is 117 Å². The lowest BCUT2D eigenvalue weighted by atomic mass is 9.91. The molecule has 98 valence electrons. The normalized spacial score (nSPS) is 23.7. The fraction of sp³-hybridized carbons (Fsp3) is 0.462. The van der Waals surface area contributed by atoms with Crippen LogP contribution >= 0.6 is 23.2 Å². The molecule has 0 saturated heterocycles. The van der Waals surface area contributed by atoms with Gasteiger partial charge in [-0.15, -0.1) is 0 Å². The highest BCUT2D eigenvalue weighted by atomic mass is 35.5.